The van der Waals surface area contributed by atoms with E-state index in [2.05, 4.69) is 32.2 Å². The lowest BCUT2D eigenvalue weighted by atomic mass is 10.0. The molecule has 1 amide bonds. The van der Waals surface area contributed by atoms with Crippen molar-refractivity contribution in [2.75, 3.05) is 11.9 Å². The van der Waals surface area contributed by atoms with E-state index in [1.807, 2.05) is 18.2 Å². The van der Waals surface area contributed by atoms with Gasteiger partial charge in [-0.15, -0.1) is 0 Å². The van der Waals surface area contributed by atoms with Crippen LogP contribution < -0.4 is 20.1 Å². The first-order chi connectivity index (χ1) is 23.4. The Kier molecular flexibility index (Phi) is 12.2. The van der Waals surface area contributed by atoms with Gasteiger partial charge >= 0.3 is 11.9 Å². The van der Waals surface area contributed by atoms with Gasteiger partial charge < -0.3 is 20.4 Å². The molecule has 0 aliphatic carbocycles. The average Bonchev–Trinajstić information content (AvgIpc) is 3.59. The van der Waals surface area contributed by atoms with E-state index in [0.717, 1.165) is 29.0 Å². The van der Waals surface area contributed by atoms with Crippen molar-refractivity contribution in [2.24, 2.45) is 0 Å². The van der Waals surface area contributed by atoms with Gasteiger partial charge in [-0.2, -0.15) is 0 Å². The number of carbonyl (C=O) groups is 3. The Bertz CT molecular complexity index is 1760. The van der Waals surface area contributed by atoms with Crippen molar-refractivity contribution in [3.8, 4) is 0 Å². The Morgan fingerprint density at radius 2 is 1.71 bits per heavy atom. The Labute approximate surface area is 295 Å². The van der Waals surface area contributed by atoms with Crippen LogP contribution in [0.5, 0.6) is 0 Å². The highest BCUT2D eigenvalue weighted by molar-refractivity contribution is 7.97. The number of sulfonamides is 1. The number of amides is 1. The molecule has 3 aromatic rings. The van der Waals surface area contributed by atoms with E-state index in [-0.39, 0.29) is 29.0 Å². The number of fused-ring (bicyclic) bond motifs is 1. The third-order valence-corrected chi connectivity index (χ3v) is 11.5. The van der Waals surface area contributed by atoms with Crippen LogP contribution in [0, 0.1) is 0 Å². The molecule has 4 atom stereocenters. The van der Waals surface area contributed by atoms with Crippen LogP contribution in [0.25, 0.3) is 0 Å². The fraction of sp³-hybridized carbons (Fsp3) is 0.382. The maximum absolute atomic E-state index is 13.3. The summed E-state index contributed by atoms with van der Waals surface area (Å²) in [4.78, 5) is 38.3. The zero-order chi connectivity index (χ0) is 35.1. The van der Waals surface area contributed by atoms with Crippen molar-refractivity contribution in [3.63, 3.8) is 0 Å². The Balaban J connectivity index is 1.12. The number of aryl methyl sites for hydroxylation is 2. The molecule has 3 aromatic carbocycles. The fourth-order valence-electron chi connectivity index (χ4n) is 5.95. The molecule has 0 saturated carbocycles. The number of carboxylic acids is 2. The summed E-state index contributed by atoms with van der Waals surface area (Å²) in [6.07, 6.45) is 3.24. The van der Waals surface area contributed by atoms with Crippen LogP contribution in [0.1, 0.15) is 49.3 Å². The molecular weight excluding hydrogens is 690 g/mol. The molecule has 49 heavy (non-hydrogen) atoms. The highest BCUT2D eigenvalue weighted by atomic mass is 35.5. The second-order valence-electron chi connectivity index (χ2n) is 12.2. The van der Waals surface area contributed by atoms with Crippen LogP contribution in [-0.2, 0) is 43.8 Å². The van der Waals surface area contributed by atoms with Crippen LogP contribution in [0.15, 0.2) is 76.5 Å². The molecule has 0 radical (unpaired) electrons. The van der Waals surface area contributed by atoms with Gasteiger partial charge in [0.2, 0.25) is 15.9 Å². The molecule has 2 unspecified atom stereocenters. The molecule has 5 rings (SSSR count). The maximum Gasteiger partial charge on any atom is 0.326 e. The number of carbonyl (C=O) groups excluding carboxylic acids is 1. The zero-order valence-corrected chi connectivity index (χ0v) is 29.3. The first-order valence-electron chi connectivity index (χ1n) is 16.1. The summed E-state index contributed by atoms with van der Waals surface area (Å²) in [6.45, 7) is 1.89. The molecule has 2 heterocycles. The molecule has 1 saturated heterocycles. The first kappa shape index (κ1) is 36.6. The predicted octanol–water partition coefficient (Wildman–Crippen LogP) is 4.24. The molecule has 1 fully saturated rings. The number of aliphatic carboxylic acids is 2. The van der Waals surface area contributed by atoms with Crippen LogP contribution in [0.3, 0.4) is 0 Å². The monoisotopic (exact) mass is 729 g/mol. The number of halogens is 1. The number of nitrogens with zero attached hydrogens (tertiary/aromatic N) is 1. The van der Waals surface area contributed by atoms with Gasteiger partial charge in [-0.3, -0.25) is 14.9 Å². The highest BCUT2D eigenvalue weighted by Gasteiger charge is 2.37. The SMILES string of the molecule is C[C@H](NC(CCc1ccc(CNS(=O)(=O)c2cc3c(cc2Cl)NC(CCc2ccccc2)NS3)cc1)C(=O)O)C(=O)N1CCC[C@H]1C(=O)O. The topological polar surface area (TPSA) is 177 Å². The zero-order valence-electron chi connectivity index (χ0n) is 26.9. The van der Waals surface area contributed by atoms with Crippen LogP contribution in [0.4, 0.5) is 5.69 Å². The van der Waals surface area contributed by atoms with Gasteiger partial charge in [0.15, 0.2) is 0 Å². The summed E-state index contributed by atoms with van der Waals surface area (Å²) in [5, 5.41) is 25.5. The van der Waals surface area contributed by atoms with Gasteiger partial charge in [0, 0.05) is 18.0 Å². The van der Waals surface area contributed by atoms with E-state index >= 15 is 0 Å². The lowest BCUT2D eigenvalue weighted by Crippen LogP contribution is -2.53. The van der Waals surface area contributed by atoms with Crippen molar-refractivity contribution < 1.29 is 33.0 Å². The summed E-state index contributed by atoms with van der Waals surface area (Å²) in [7, 11) is -3.94. The Hall–Kier alpha value is -3.66. The van der Waals surface area contributed by atoms with Crippen molar-refractivity contribution in [3.05, 3.63) is 88.4 Å². The number of nitrogens with one attached hydrogen (secondary N) is 4. The van der Waals surface area contributed by atoms with Crippen molar-refractivity contribution in [1.29, 1.82) is 0 Å². The Morgan fingerprint density at radius 1 is 1.02 bits per heavy atom. The molecule has 0 aromatic heterocycles. The second-order valence-corrected chi connectivity index (χ2v) is 15.2. The molecule has 2 aliphatic heterocycles. The fourth-order valence-corrected chi connectivity index (χ4v) is 8.45. The minimum atomic E-state index is -3.94. The van der Waals surface area contributed by atoms with Crippen molar-refractivity contribution in [2.45, 2.75) is 86.1 Å². The van der Waals surface area contributed by atoms with E-state index in [1.54, 1.807) is 43.3 Å². The smallest absolute Gasteiger partial charge is 0.326 e. The summed E-state index contributed by atoms with van der Waals surface area (Å²) in [5.41, 5.74) is 3.53. The minimum Gasteiger partial charge on any atom is -0.480 e. The molecular formula is C34H40ClN5O7S2. The summed E-state index contributed by atoms with van der Waals surface area (Å²) >= 11 is 7.83. The molecule has 0 bridgehead atoms. The maximum atomic E-state index is 13.3. The van der Waals surface area contributed by atoms with Gasteiger partial charge in [-0.25, -0.2) is 22.7 Å². The standard InChI is InChI=1S/C34H40ClN5O7S2/c1-21(32(41)40-17-5-8-28(40)34(44)45)37-26(33(42)43)15-13-23-9-11-24(12-10-23)20-36-49(46,47)30-19-29-27(18-25(30)35)38-31(39-48-29)16-14-22-6-3-2-4-7-22/h2-4,6-7,9-12,18-19,21,26,28,31,36-39H,5,8,13-17,20H2,1H3,(H,42,43)(H,44,45)/t21-,26?,28-,31?/m0/s1. The van der Waals surface area contributed by atoms with Gasteiger partial charge in [-0.1, -0.05) is 66.2 Å². The quantitative estimate of drug-likeness (QED) is 0.123. The predicted molar refractivity (Wildman–Crippen MR) is 188 cm³/mol. The highest BCUT2D eigenvalue weighted by Crippen LogP contribution is 2.37. The second kappa shape index (κ2) is 16.4. The van der Waals surface area contributed by atoms with E-state index in [9.17, 15) is 33.0 Å². The summed E-state index contributed by atoms with van der Waals surface area (Å²) in [5.74, 6) is -2.62. The van der Waals surface area contributed by atoms with E-state index < -0.39 is 46.0 Å². The molecule has 12 nitrogen and oxygen atoms in total. The number of hydrogen-bond acceptors (Lipinski definition) is 9. The molecule has 15 heteroatoms. The largest absolute Gasteiger partial charge is 0.480 e. The number of carboxylic acid groups (broad SMARTS) is 2. The molecule has 6 N–H and O–H groups in total. The number of hydrogen-bond donors (Lipinski definition) is 6. The average molecular weight is 730 g/mol. The number of anilines is 1. The number of likely N-dealkylation sites (tertiary alicyclic amines) is 1. The van der Waals surface area contributed by atoms with E-state index in [1.165, 1.54) is 22.4 Å². The third-order valence-electron chi connectivity index (χ3n) is 8.68. The lowest BCUT2D eigenvalue weighted by molar-refractivity contribution is -0.149. The van der Waals surface area contributed by atoms with Crippen LogP contribution >= 0.6 is 23.5 Å². The van der Waals surface area contributed by atoms with E-state index in [4.69, 9.17) is 11.6 Å². The number of rotatable bonds is 15. The normalized spacial score (nSPS) is 18.7. The van der Waals surface area contributed by atoms with Gasteiger partial charge in [0.1, 0.15) is 17.0 Å². The molecule has 2 aliphatic rings. The summed E-state index contributed by atoms with van der Waals surface area (Å²) < 4.78 is 32.5. The third kappa shape index (κ3) is 9.53. The van der Waals surface area contributed by atoms with Crippen LogP contribution in [-0.4, -0.2) is 72.2 Å². The first-order valence-corrected chi connectivity index (χ1v) is 18.7. The van der Waals surface area contributed by atoms with Crippen molar-refractivity contribution in [1.82, 2.24) is 19.7 Å². The van der Waals surface area contributed by atoms with Gasteiger partial charge in [0.05, 0.1) is 22.9 Å². The number of benzene rings is 3. The van der Waals surface area contributed by atoms with E-state index in [0.29, 0.717) is 31.4 Å². The van der Waals surface area contributed by atoms with Gasteiger partial charge in [-0.05, 0) is 86.2 Å². The molecule has 0 spiro atoms. The van der Waals surface area contributed by atoms with Crippen LogP contribution in [0.2, 0.25) is 5.02 Å². The lowest BCUT2D eigenvalue weighted by Gasteiger charge is -2.28. The summed E-state index contributed by atoms with van der Waals surface area (Å²) in [6, 6.07) is 17.7. The minimum absolute atomic E-state index is 0.00952. The van der Waals surface area contributed by atoms with Gasteiger partial charge in [0.25, 0.3) is 0 Å². The molecule has 262 valence electrons. The Morgan fingerprint density at radius 3 is 2.41 bits per heavy atom. The van der Waals surface area contributed by atoms with Crippen molar-refractivity contribution >= 4 is 57.1 Å².